The molecule has 0 aliphatic rings. The van der Waals surface area contributed by atoms with Crippen LogP contribution in [0.15, 0.2) is 39.8 Å². The number of nitrogens with zero attached hydrogens (tertiary/aromatic N) is 5. The van der Waals surface area contributed by atoms with E-state index in [0.29, 0.717) is 18.3 Å². The van der Waals surface area contributed by atoms with Gasteiger partial charge in [-0.1, -0.05) is 29.1 Å². The number of hydrogen-bond acceptors (Lipinski definition) is 7. The lowest BCUT2D eigenvalue weighted by Gasteiger charge is -2.07. The lowest BCUT2D eigenvalue weighted by molar-refractivity contribution is 0.380. The van der Waals surface area contributed by atoms with Crippen LogP contribution in [-0.4, -0.2) is 24.9 Å². The summed E-state index contributed by atoms with van der Waals surface area (Å²) >= 11 is 3.13. The molecule has 0 aromatic carbocycles. The van der Waals surface area contributed by atoms with E-state index in [1.807, 2.05) is 42.0 Å². The third kappa shape index (κ3) is 2.97. The fourth-order valence-corrected chi connectivity index (χ4v) is 3.49. The van der Waals surface area contributed by atoms with Crippen molar-refractivity contribution in [2.24, 2.45) is 0 Å². The Labute approximate surface area is 136 Å². The zero-order valence-corrected chi connectivity index (χ0v) is 13.9. The Morgan fingerprint density at radius 1 is 1.50 bits per heavy atom. The van der Waals surface area contributed by atoms with Crippen LogP contribution >= 0.6 is 23.1 Å². The largest absolute Gasteiger partial charge is 0.338 e. The predicted molar refractivity (Wildman–Crippen MR) is 86.8 cm³/mol. The highest BCUT2D eigenvalue weighted by atomic mass is 32.2. The zero-order chi connectivity index (χ0) is 15.5. The zero-order valence-electron chi connectivity index (χ0n) is 12.3. The average molecular weight is 333 g/mol. The molecule has 6 nitrogen and oxygen atoms in total. The van der Waals surface area contributed by atoms with Crippen LogP contribution in [0.5, 0.6) is 0 Å². The normalized spacial score (nSPS) is 12.5. The van der Waals surface area contributed by atoms with Crippen LogP contribution in [0.2, 0.25) is 0 Å². The molecule has 0 saturated carbocycles. The van der Waals surface area contributed by atoms with Gasteiger partial charge < -0.3 is 9.09 Å². The van der Waals surface area contributed by atoms with E-state index in [2.05, 4.69) is 26.9 Å². The third-order valence-corrected chi connectivity index (χ3v) is 4.96. The van der Waals surface area contributed by atoms with E-state index >= 15 is 0 Å². The van der Waals surface area contributed by atoms with Crippen molar-refractivity contribution < 1.29 is 4.52 Å². The Hall–Kier alpha value is -1.93. The highest BCUT2D eigenvalue weighted by Crippen LogP contribution is 2.34. The number of hydrogen-bond donors (Lipinski definition) is 0. The molecule has 0 aliphatic carbocycles. The van der Waals surface area contributed by atoms with Gasteiger partial charge in [0.1, 0.15) is 5.82 Å². The number of thioether (sulfide) groups is 1. The minimum absolute atomic E-state index is 0.00613. The first kappa shape index (κ1) is 15.0. The molecule has 0 spiro atoms. The molecule has 0 N–H and O–H groups in total. The van der Waals surface area contributed by atoms with Gasteiger partial charge in [-0.3, -0.25) is 0 Å². The van der Waals surface area contributed by atoms with Crippen LogP contribution < -0.4 is 0 Å². The molecule has 0 aliphatic heterocycles. The van der Waals surface area contributed by atoms with E-state index in [4.69, 9.17) is 4.52 Å². The van der Waals surface area contributed by atoms with Gasteiger partial charge in [0, 0.05) is 6.54 Å². The van der Waals surface area contributed by atoms with Crippen molar-refractivity contribution in [2.75, 3.05) is 0 Å². The highest BCUT2D eigenvalue weighted by molar-refractivity contribution is 7.99. The third-order valence-electron chi connectivity index (χ3n) is 3.03. The Morgan fingerprint density at radius 2 is 2.36 bits per heavy atom. The lowest BCUT2D eigenvalue weighted by atomic mass is 10.4. The smallest absolute Gasteiger partial charge is 0.240 e. The summed E-state index contributed by atoms with van der Waals surface area (Å²) in [4.78, 5) is 5.46. The highest BCUT2D eigenvalue weighted by Gasteiger charge is 2.20. The predicted octanol–water partition coefficient (Wildman–Crippen LogP) is 3.74. The van der Waals surface area contributed by atoms with Gasteiger partial charge >= 0.3 is 0 Å². The first-order valence-corrected chi connectivity index (χ1v) is 8.49. The van der Waals surface area contributed by atoms with Crippen molar-refractivity contribution in [3.8, 4) is 10.7 Å². The summed E-state index contributed by atoms with van der Waals surface area (Å²) in [5.74, 6) is 2.07. The molecule has 0 fully saturated rings. The topological polar surface area (TPSA) is 69.6 Å². The number of aryl methyl sites for hydroxylation is 1. The Balaban J connectivity index is 1.77. The minimum Gasteiger partial charge on any atom is -0.338 e. The fourth-order valence-electron chi connectivity index (χ4n) is 1.90. The second-order valence-electron chi connectivity index (χ2n) is 4.62. The molecule has 0 radical (unpaired) electrons. The summed E-state index contributed by atoms with van der Waals surface area (Å²) in [7, 11) is 0. The second kappa shape index (κ2) is 6.45. The van der Waals surface area contributed by atoms with Crippen molar-refractivity contribution in [3.05, 3.63) is 41.9 Å². The molecular formula is C14H15N5OS2. The summed E-state index contributed by atoms with van der Waals surface area (Å²) in [6, 6.07) is 3.94. The summed E-state index contributed by atoms with van der Waals surface area (Å²) < 4.78 is 7.38. The Bertz CT molecular complexity index is 762. The van der Waals surface area contributed by atoms with E-state index in [-0.39, 0.29) is 5.25 Å². The molecule has 8 heteroatoms. The van der Waals surface area contributed by atoms with Gasteiger partial charge in [0.05, 0.1) is 10.1 Å². The van der Waals surface area contributed by atoms with Crippen LogP contribution in [-0.2, 0) is 6.54 Å². The van der Waals surface area contributed by atoms with Crippen molar-refractivity contribution in [1.82, 2.24) is 24.9 Å². The molecule has 0 saturated heterocycles. The van der Waals surface area contributed by atoms with Crippen molar-refractivity contribution in [3.63, 3.8) is 0 Å². The van der Waals surface area contributed by atoms with Crippen LogP contribution in [0.25, 0.3) is 10.7 Å². The standard InChI is InChI=1S/C14H15N5OS2/c1-4-7-19-10(3)16-17-14(19)22-9(2)13-15-12(18-20-13)11-6-5-8-21-11/h4-6,8-9H,1,7H2,2-3H3. The van der Waals surface area contributed by atoms with Crippen molar-refractivity contribution in [2.45, 2.75) is 30.8 Å². The first-order chi connectivity index (χ1) is 10.7. The molecule has 0 bridgehead atoms. The van der Waals surface area contributed by atoms with E-state index in [9.17, 15) is 0 Å². The lowest BCUT2D eigenvalue weighted by Crippen LogP contribution is -2.01. The van der Waals surface area contributed by atoms with Crippen LogP contribution in [0.1, 0.15) is 23.9 Å². The maximum atomic E-state index is 5.38. The monoisotopic (exact) mass is 333 g/mol. The SMILES string of the molecule is C=CCn1c(C)nnc1SC(C)c1nc(-c2cccs2)no1. The van der Waals surface area contributed by atoms with Crippen molar-refractivity contribution >= 4 is 23.1 Å². The molecular weight excluding hydrogens is 318 g/mol. The molecule has 1 atom stereocenters. The molecule has 3 aromatic rings. The molecule has 22 heavy (non-hydrogen) atoms. The minimum atomic E-state index is -0.00613. The number of aromatic nitrogens is 5. The molecule has 1 unspecified atom stereocenters. The van der Waals surface area contributed by atoms with Gasteiger partial charge in [-0.05, 0) is 25.3 Å². The Kier molecular flexibility index (Phi) is 4.39. The quantitative estimate of drug-likeness (QED) is 0.505. The van der Waals surface area contributed by atoms with Crippen LogP contribution in [0.4, 0.5) is 0 Å². The number of rotatable bonds is 6. The van der Waals surface area contributed by atoms with Crippen LogP contribution in [0.3, 0.4) is 0 Å². The first-order valence-electron chi connectivity index (χ1n) is 6.74. The van der Waals surface area contributed by atoms with E-state index in [1.165, 1.54) is 0 Å². The van der Waals surface area contributed by atoms with Gasteiger partial charge in [0.15, 0.2) is 5.16 Å². The summed E-state index contributed by atoms with van der Waals surface area (Å²) in [6.07, 6.45) is 1.83. The number of allylic oxidation sites excluding steroid dienone is 1. The maximum Gasteiger partial charge on any atom is 0.240 e. The van der Waals surface area contributed by atoms with Gasteiger partial charge in [0.2, 0.25) is 11.7 Å². The molecule has 3 heterocycles. The number of thiophene rings is 1. The van der Waals surface area contributed by atoms with E-state index < -0.39 is 0 Å². The van der Waals surface area contributed by atoms with E-state index in [1.54, 1.807) is 23.1 Å². The average Bonchev–Trinajstić information content (AvgIpc) is 3.22. The molecule has 114 valence electrons. The summed E-state index contributed by atoms with van der Waals surface area (Å²) in [6.45, 7) is 8.38. The van der Waals surface area contributed by atoms with Crippen LogP contribution in [0, 0.1) is 6.92 Å². The van der Waals surface area contributed by atoms with Gasteiger partial charge in [-0.15, -0.1) is 28.1 Å². The molecule has 3 rings (SSSR count). The Morgan fingerprint density at radius 3 is 3.09 bits per heavy atom. The van der Waals surface area contributed by atoms with Gasteiger partial charge in [0.25, 0.3) is 0 Å². The molecule has 3 aromatic heterocycles. The van der Waals surface area contributed by atoms with Gasteiger partial charge in [-0.2, -0.15) is 4.98 Å². The second-order valence-corrected chi connectivity index (χ2v) is 6.88. The van der Waals surface area contributed by atoms with E-state index in [0.717, 1.165) is 15.9 Å². The summed E-state index contributed by atoms with van der Waals surface area (Å²) in [5, 5.41) is 15.1. The fraction of sp³-hybridized carbons (Fsp3) is 0.286. The van der Waals surface area contributed by atoms with Crippen molar-refractivity contribution in [1.29, 1.82) is 0 Å². The van der Waals surface area contributed by atoms with Gasteiger partial charge in [-0.25, -0.2) is 0 Å². The maximum absolute atomic E-state index is 5.38. The summed E-state index contributed by atoms with van der Waals surface area (Å²) in [5.41, 5.74) is 0. The molecule has 0 amide bonds.